The summed E-state index contributed by atoms with van der Waals surface area (Å²) < 4.78 is 36.1. The molecule has 0 aromatic carbocycles. The van der Waals surface area contributed by atoms with Gasteiger partial charge in [0.2, 0.25) is 0 Å². The van der Waals surface area contributed by atoms with Crippen LogP contribution in [0.15, 0.2) is 11.6 Å². The third-order valence-corrected chi connectivity index (χ3v) is 19.1. The van der Waals surface area contributed by atoms with Gasteiger partial charge in [-0.15, -0.1) is 0 Å². The maximum Gasteiger partial charge on any atom is 0.310 e. The number of carbonyl (C=O) groups is 1. The van der Waals surface area contributed by atoms with Crippen LogP contribution in [-0.4, -0.2) is 169 Å². The fourth-order valence-electron chi connectivity index (χ4n) is 14.8. The Hall–Kier alpha value is -1.39. The van der Waals surface area contributed by atoms with E-state index in [2.05, 4.69) is 40.7 Å². The van der Waals surface area contributed by atoms with Gasteiger partial charge in [0.05, 0.1) is 37.4 Å². The van der Waals surface area contributed by atoms with E-state index in [-0.39, 0.29) is 52.6 Å². The van der Waals surface area contributed by atoms with E-state index in [0.717, 1.165) is 44.9 Å². The summed E-state index contributed by atoms with van der Waals surface area (Å²) in [4.78, 5) is 13.1. The van der Waals surface area contributed by atoms with Crippen molar-refractivity contribution in [2.24, 2.45) is 50.2 Å². The highest BCUT2D eigenvalue weighted by atomic mass is 16.8. The monoisotopic (exact) mass is 913 g/mol. The van der Waals surface area contributed by atoms with Crippen LogP contribution in [0.2, 0.25) is 0 Å². The molecule has 4 saturated carbocycles. The molecule has 0 amide bonds. The molecule has 0 radical (unpaired) electrons. The second-order valence-electron chi connectivity index (χ2n) is 22.9. The number of aliphatic hydroxyl groups excluding tert-OH is 9. The number of aliphatic hydroxyl groups is 9. The van der Waals surface area contributed by atoms with Gasteiger partial charge in [-0.05, 0) is 111 Å². The van der Waals surface area contributed by atoms with Crippen molar-refractivity contribution in [2.45, 2.75) is 205 Å². The zero-order valence-corrected chi connectivity index (χ0v) is 38.5. The molecular weight excluding hydrogens is 837 g/mol. The first-order valence-electron chi connectivity index (χ1n) is 23.7. The van der Waals surface area contributed by atoms with E-state index < -0.39 is 116 Å². The van der Waals surface area contributed by atoms with Gasteiger partial charge in [0.1, 0.15) is 61.0 Å². The Morgan fingerprint density at radius 2 is 1.39 bits per heavy atom. The summed E-state index contributed by atoms with van der Waals surface area (Å²) >= 11 is 0. The lowest BCUT2D eigenvalue weighted by atomic mass is 9.33. The summed E-state index contributed by atoms with van der Waals surface area (Å²) in [5.41, 5.74) is -0.609. The van der Waals surface area contributed by atoms with E-state index in [0.29, 0.717) is 19.3 Å². The first-order valence-corrected chi connectivity index (χ1v) is 23.7. The van der Waals surface area contributed by atoms with Crippen LogP contribution < -0.4 is 0 Å². The zero-order chi connectivity index (χ0) is 46.7. The van der Waals surface area contributed by atoms with Gasteiger partial charge >= 0.3 is 5.97 Å². The third-order valence-electron chi connectivity index (χ3n) is 19.1. The lowest BCUT2D eigenvalue weighted by Crippen LogP contribution is -2.67. The molecule has 5 aliphatic carbocycles. The van der Waals surface area contributed by atoms with Crippen molar-refractivity contribution in [3.63, 3.8) is 0 Å². The van der Waals surface area contributed by atoms with Crippen molar-refractivity contribution in [3.8, 4) is 0 Å². The summed E-state index contributed by atoms with van der Waals surface area (Å²) in [7, 11) is 0. The van der Waals surface area contributed by atoms with Crippen LogP contribution in [0, 0.1) is 50.2 Å². The largest absolute Gasteiger partial charge is 0.481 e. The third kappa shape index (κ3) is 7.49. The Balaban J connectivity index is 1.01. The van der Waals surface area contributed by atoms with Crippen LogP contribution in [-0.2, 0) is 33.2 Å². The summed E-state index contributed by atoms with van der Waals surface area (Å²) in [5, 5.41) is 108. The number of allylic oxidation sites excluding steroid dienone is 2. The molecule has 64 heavy (non-hydrogen) atoms. The van der Waals surface area contributed by atoms with Crippen LogP contribution in [0.3, 0.4) is 0 Å². The summed E-state index contributed by atoms with van der Waals surface area (Å²) in [6.07, 6.45) is -11.9. The number of carboxylic acids is 1. The average molecular weight is 913 g/mol. The highest BCUT2D eigenvalue weighted by molar-refractivity contribution is 5.76. The van der Waals surface area contributed by atoms with Gasteiger partial charge in [0, 0.05) is 5.41 Å². The smallest absolute Gasteiger partial charge is 0.310 e. The normalized spacial score (nSPS) is 55.0. The van der Waals surface area contributed by atoms with Crippen molar-refractivity contribution in [2.75, 3.05) is 19.8 Å². The predicted molar refractivity (Wildman–Crippen MR) is 225 cm³/mol. The van der Waals surface area contributed by atoms with Gasteiger partial charge in [-0.25, -0.2) is 0 Å². The van der Waals surface area contributed by atoms with Crippen molar-refractivity contribution in [3.05, 3.63) is 11.6 Å². The fourth-order valence-corrected chi connectivity index (χ4v) is 14.8. The van der Waals surface area contributed by atoms with Crippen molar-refractivity contribution < 1.29 is 84.3 Å². The Bertz CT molecular complexity index is 1750. The van der Waals surface area contributed by atoms with Gasteiger partial charge in [-0.1, -0.05) is 53.2 Å². The number of hydrogen-bond acceptors (Lipinski definition) is 16. The standard InChI is InChI=1S/C47H76O17/c1-22-30(51)36(63-38-34(55)33(54)32(53)26(19-48)61-38)35(56)39(60-22)64-37-31(52)25(50)20-59-40(37)62-29-11-12-43(4)27(44(29,5)21-49)10-13-46(7)28(43)9-8-23-24-18-42(2,3)14-16-47(24,41(57)58)17-15-45(23,46)6/h8,22,24-40,48-56H,9-21H2,1-7H3,(H,57,58)/t22-,24-,25+,26+,27+,28+,29?,30-,31+,32+,33-,34+,35+,36+,37-,38-,39-,40+,43-,44-,45+,46+,47-/m0/s1. The highest BCUT2D eigenvalue weighted by Crippen LogP contribution is 2.76. The maximum absolute atomic E-state index is 13.1. The molecule has 3 aliphatic heterocycles. The predicted octanol–water partition coefficient (Wildman–Crippen LogP) is 1.35. The second-order valence-corrected chi connectivity index (χ2v) is 22.9. The Morgan fingerprint density at radius 3 is 2.06 bits per heavy atom. The molecule has 8 aliphatic rings. The number of ether oxygens (including phenoxy) is 6. The lowest BCUT2D eigenvalue weighted by Gasteiger charge is -2.71. The van der Waals surface area contributed by atoms with Crippen LogP contribution >= 0.6 is 0 Å². The molecule has 8 rings (SSSR count). The Morgan fingerprint density at radius 1 is 0.719 bits per heavy atom. The number of aliphatic carboxylic acids is 1. The molecule has 3 heterocycles. The van der Waals surface area contributed by atoms with Crippen LogP contribution in [0.1, 0.15) is 113 Å². The molecule has 0 aromatic heterocycles. The van der Waals surface area contributed by atoms with E-state index in [1.54, 1.807) is 0 Å². The van der Waals surface area contributed by atoms with Gasteiger partial charge in [-0.2, -0.15) is 0 Å². The minimum absolute atomic E-state index is 0.00330. The fraction of sp³-hybridized carbons (Fsp3) is 0.936. The minimum Gasteiger partial charge on any atom is -0.481 e. The molecule has 0 aromatic rings. The molecule has 3 saturated heterocycles. The Kier molecular flexibility index (Phi) is 13.2. The molecule has 23 atom stereocenters. The van der Waals surface area contributed by atoms with Gasteiger partial charge in [0.25, 0.3) is 0 Å². The average Bonchev–Trinajstić information content (AvgIpc) is 3.24. The second kappa shape index (κ2) is 17.2. The summed E-state index contributed by atoms with van der Waals surface area (Å²) in [6, 6.07) is 0. The van der Waals surface area contributed by atoms with Crippen molar-refractivity contribution >= 4 is 5.97 Å². The van der Waals surface area contributed by atoms with E-state index in [1.165, 1.54) is 12.5 Å². The first kappa shape index (κ1) is 49.0. The summed E-state index contributed by atoms with van der Waals surface area (Å²) in [6.45, 7) is 14.1. The van der Waals surface area contributed by atoms with Crippen LogP contribution in [0.4, 0.5) is 0 Å². The summed E-state index contributed by atoms with van der Waals surface area (Å²) in [5.74, 6) is -0.391. The SMILES string of the molecule is C[C@@H]1O[C@@H](O[C@@H]2[C@@H](OC3CC[C@@]4(C)[C@@H](CC[C@]5(C)[C@@H]4CC=C4[C@@H]6CC(C)(C)CC[C@]6(C(=O)O)CC[C@]45C)[C@]3(C)CO)OC[C@@H](O)[C@H]2O)[C@H](O)[C@H](O[C@@H]2O[C@H](CO)[C@@H](O)[C@H](O)[C@H]2O)[C@H]1O. The highest BCUT2D eigenvalue weighted by Gasteiger charge is 2.70. The molecule has 17 nitrogen and oxygen atoms in total. The van der Waals surface area contributed by atoms with Gasteiger partial charge < -0.3 is 79.5 Å². The Labute approximate surface area is 376 Å². The molecule has 1 unspecified atom stereocenters. The quantitative estimate of drug-likeness (QED) is 0.116. The molecular formula is C47H76O17. The number of rotatable bonds is 9. The topological polar surface area (TPSA) is 275 Å². The molecule has 0 spiro atoms. The van der Waals surface area contributed by atoms with Crippen molar-refractivity contribution in [1.29, 1.82) is 0 Å². The van der Waals surface area contributed by atoms with Crippen LogP contribution in [0.25, 0.3) is 0 Å². The minimum atomic E-state index is -1.82. The number of hydrogen-bond donors (Lipinski definition) is 10. The lowest BCUT2D eigenvalue weighted by molar-refractivity contribution is -0.383. The van der Waals surface area contributed by atoms with Crippen LogP contribution in [0.5, 0.6) is 0 Å². The van der Waals surface area contributed by atoms with E-state index in [4.69, 9.17) is 28.4 Å². The number of carboxylic acid groups (broad SMARTS) is 1. The molecule has 0 bridgehead atoms. The molecule has 7 fully saturated rings. The van der Waals surface area contributed by atoms with E-state index in [9.17, 15) is 55.9 Å². The molecule has 10 N–H and O–H groups in total. The van der Waals surface area contributed by atoms with E-state index in [1.807, 2.05) is 6.92 Å². The maximum atomic E-state index is 13.1. The number of fused-ring (bicyclic) bond motifs is 7. The first-order chi connectivity index (χ1) is 29.9. The molecule has 17 heteroatoms. The van der Waals surface area contributed by atoms with Gasteiger partial charge in [-0.3, -0.25) is 4.79 Å². The van der Waals surface area contributed by atoms with E-state index >= 15 is 0 Å². The molecule has 366 valence electrons. The zero-order valence-electron chi connectivity index (χ0n) is 38.5. The van der Waals surface area contributed by atoms with Gasteiger partial charge in [0.15, 0.2) is 18.9 Å². The van der Waals surface area contributed by atoms with Crippen molar-refractivity contribution in [1.82, 2.24) is 0 Å².